The Morgan fingerprint density at radius 1 is 0.784 bits per heavy atom. The molecule has 51 heavy (non-hydrogen) atoms. The molecule has 3 heterocycles. The van der Waals surface area contributed by atoms with Crippen LogP contribution in [-0.2, 0) is 42.8 Å². The molecule has 3 aromatic rings. The van der Waals surface area contributed by atoms with E-state index in [0.29, 0.717) is 0 Å². The van der Waals surface area contributed by atoms with Crippen LogP contribution in [0.1, 0.15) is 20.8 Å². The third-order valence-electron chi connectivity index (χ3n) is 7.79. The van der Waals surface area contributed by atoms with E-state index in [2.05, 4.69) is 0 Å². The maximum atomic E-state index is 13.7. The van der Waals surface area contributed by atoms with Crippen LogP contribution in [-0.4, -0.2) is 122 Å². The molecule has 2 saturated heterocycles. The average molecular weight is 723 g/mol. The molecule has 0 amide bonds. The van der Waals surface area contributed by atoms with Gasteiger partial charge in [-0.2, -0.15) is 0 Å². The van der Waals surface area contributed by atoms with Gasteiger partial charge in [-0.3, -0.25) is 19.2 Å². The molecule has 1 aromatic heterocycles. The van der Waals surface area contributed by atoms with Gasteiger partial charge in [-0.05, 0) is 18.2 Å². The Bertz CT molecular complexity index is 1850. The van der Waals surface area contributed by atoms with Crippen LogP contribution in [0.5, 0.6) is 28.7 Å². The number of aromatic hydroxyl groups is 4. The van der Waals surface area contributed by atoms with Crippen LogP contribution < -0.4 is 10.2 Å². The van der Waals surface area contributed by atoms with E-state index in [1.165, 1.54) is 6.07 Å². The lowest BCUT2D eigenvalue weighted by Crippen LogP contribution is -2.62. The van der Waals surface area contributed by atoms with Crippen molar-refractivity contribution in [1.82, 2.24) is 0 Å². The van der Waals surface area contributed by atoms with Gasteiger partial charge in [0.1, 0.15) is 46.9 Å². The molecule has 0 radical (unpaired) electrons. The zero-order chi connectivity index (χ0) is 37.3. The summed E-state index contributed by atoms with van der Waals surface area (Å²) in [4.78, 5) is 49.2. The summed E-state index contributed by atoms with van der Waals surface area (Å²) in [6.07, 6.45) is -15.0. The molecule has 0 spiro atoms. The highest BCUT2D eigenvalue weighted by atomic mass is 16.7. The highest BCUT2D eigenvalue weighted by Crippen LogP contribution is 2.39. The zero-order valence-electron chi connectivity index (χ0n) is 27.0. The number of aliphatic hydroxyl groups is 3. The zero-order valence-corrected chi connectivity index (χ0v) is 27.0. The molecule has 19 heteroatoms. The molecule has 0 saturated carbocycles. The smallest absolute Gasteiger partial charge is 0.303 e. The number of hydrogen-bond donors (Lipinski definition) is 7. The Hall–Kier alpha value is -5.18. The lowest BCUT2D eigenvalue weighted by molar-refractivity contribution is -0.310. The molecule has 276 valence electrons. The van der Waals surface area contributed by atoms with Crippen LogP contribution in [0.4, 0.5) is 0 Å². The normalized spacial score (nSPS) is 27.8. The quantitative estimate of drug-likeness (QED) is 0.0843. The molecule has 2 aliphatic heterocycles. The monoisotopic (exact) mass is 722 g/mol. The maximum Gasteiger partial charge on any atom is 0.303 e. The van der Waals surface area contributed by atoms with Crippen LogP contribution in [0.15, 0.2) is 39.5 Å². The highest BCUT2D eigenvalue weighted by Gasteiger charge is 2.50. The molecule has 2 fully saturated rings. The summed E-state index contributed by atoms with van der Waals surface area (Å²) in [5.41, 5.74) is -1.44. The van der Waals surface area contributed by atoms with Gasteiger partial charge in [-0.1, -0.05) is 0 Å². The predicted molar refractivity (Wildman–Crippen MR) is 164 cm³/mol. The molecule has 5 rings (SSSR count). The SMILES string of the molecule is CC(=O)OC1[C@H](OCC2O[C@@H](Oc3c(-c4ccc(O)c(O)c4)oc4cc(O)cc(O)c4c3=O)C(O)C(O)[C@H]2O)OC[C@H](OC(C)=O)[C@@H]1OC(C)=O. The molecular weight excluding hydrogens is 688 g/mol. The molecule has 19 nitrogen and oxygen atoms in total. The first-order chi connectivity index (χ1) is 24.0. The third-order valence-corrected chi connectivity index (χ3v) is 7.79. The first-order valence-electron chi connectivity index (χ1n) is 15.2. The summed E-state index contributed by atoms with van der Waals surface area (Å²) in [7, 11) is 0. The summed E-state index contributed by atoms with van der Waals surface area (Å²) in [6, 6.07) is 5.16. The van der Waals surface area contributed by atoms with Gasteiger partial charge in [0.25, 0.3) is 0 Å². The molecular formula is C32H34O19. The number of phenols is 4. The van der Waals surface area contributed by atoms with Gasteiger partial charge in [0.05, 0.1) is 13.2 Å². The Balaban J connectivity index is 1.45. The number of fused-ring (bicyclic) bond motifs is 1. The fraction of sp³-hybridized carbons (Fsp3) is 0.438. The summed E-state index contributed by atoms with van der Waals surface area (Å²) < 4.78 is 44.3. The number of carbonyl (C=O) groups is 3. The first kappa shape index (κ1) is 37.1. The second kappa shape index (κ2) is 15.0. The van der Waals surface area contributed by atoms with Crippen LogP contribution in [0.25, 0.3) is 22.3 Å². The van der Waals surface area contributed by atoms with Crippen molar-refractivity contribution in [2.24, 2.45) is 0 Å². The summed E-state index contributed by atoms with van der Waals surface area (Å²) in [6.45, 7) is 2.14. The lowest BCUT2D eigenvalue weighted by Gasteiger charge is -2.42. The van der Waals surface area contributed by atoms with E-state index in [9.17, 15) is 54.9 Å². The number of phenolic OH excluding ortho intramolecular Hbond substituents is 4. The number of esters is 3. The molecule has 4 unspecified atom stereocenters. The minimum atomic E-state index is -2.03. The first-order valence-corrected chi connectivity index (χ1v) is 15.2. The van der Waals surface area contributed by atoms with Crippen molar-refractivity contribution in [3.8, 4) is 40.1 Å². The lowest BCUT2D eigenvalue weighted by atomic mass is 9.99. The summed E-state index contributed by atoms with van der Waals surface area (Å²) >= 11 is 0. The van der Waals surface area contributed by atoms with E-state index >= 15 is 0 Å². The van der Waals surface area contributed by atoms with Crippen molar-refractivity contribution in [2.75, 3.05) is 13.2 Å². The number of carbonyl (C=O) groups excluding carboxylic acids is 3. The van der Waals surface area contributed by atoms with Crippen molar-refractivity contribution >= 4 is 28.9 Å². The van der Waals surface area contributed by atoms with Crippen molar-refractivity contribution in [1.29, 1.82) is 0 Å². The van der Waals surface area contributed by atoms with Crippen molar-refractivity contribution < 1.29 is 87.7 Å². The van der Waals surface area contributed by atoms with Gasteiger partial charge in [-0.15, -0.1) is 0 Å². The van der Waals surface area contributed by atoms with E-state index in [1.54, 1.807) is 0 Å². The van der Waals surface area contributed by atoms with Gasteiger partial charge in [-0.25, -0.2) is 0 Å². The summed E-state index contributed by atoms with van der Waals surface area (Å²) in [5.74, 6) is -5.92. The molecule has 9 atom stereocenters. The highest BCUT2D eigenvalue weighted by molar-refractivity contribution is 5.88. The van der Waals surface area contributed by atoms with E-state index < -0.39 is 125 Å². The maximum absolute atomic E-state index is 13.7. The predicted octanol–water partition coefficient (Wildman–Crippen LogP) is -0.363. The number of hydrogen-bond acceptors (Lipinski definition) is 19. The van der Waals surface area contributed by atoms with Crippen LogP contribution >= 0.6 is 0 Å². The van der Waals surface area contributed by atoms with E-state index in [0.717, 1.165) is 45.0 Å². The van der Waals surface area contributed by atoms with E-state index in [4.69, 9.17) is 37.6 Å². The van der Waals surface area contributed by atoms with Crippen molar-refractivity contribution in [3.63, 3.8) is 0 Å². The minimum Gasteiger partial charge on any atom is -0.508 e. The fourth-order valence-electron chi connectivity index (χ4n) is 5.54. The minimum absolute atomic E-state index is 0.0618. The number of rotatable bonds is 9. The second-order valence-corrected chi connectivity index (χ2v) is 11.6. The van der Waals surface area contributed by atoms with E-state index in [-0.39, 0.29) is 17.8 Å². The van der Waals surface area contributed by atoms with Crippen LogP contribution in [0.2, 0.25) is 0 Å². The fourth-order valence-corrected chi connectivity index (χ4v) is 5.54. The summed E-state index contributed by atoms with van der Waals surface area (Å²) in [5, 5.41) is 72.3. The van der Waals surface area contributed by atoms with Crippen molar-refractivity contribution in [2.45, 2.75) is 76.1 Å². The Morgan fingerprint density at radius 3 is 2.10 bits per heavy atom. The number of aliphatic hydroxyl groups excluding tert-OH is 3. The Kier molecular flexibility index (Phi) is 10.9. The number of ether oxygens (including phenoxy) is 7. The second-order valence-electron chi connectivity index (χ2n) is 11.6. The van der Waals surface area contributed by atoms with Crippen LogP contribution in [0.3, 0.4) is 0 Å². The van der Waals surface area contributed by atoms with Gasteiger partial charge in [0.15, 0.2) is 41.9 Å². The van der Waals surface area contributed by atoms with E-state index in [1.807, 2.05) is 0 Å². The topological polar surface area (TPSA) is 288 Å². The largest absolute Gasteiger partial charge is 0.508 e. The standard InChI is InChI=1S/C32H34O19/c1-11(33)46-21-10-45-32(30(48-13(3)35)28(21)47-12(2)34)44-9-20-23(40)25(42)26(43)31(50-20)51-29-24(41)22-18(39)7-15(36)8-19(22)49-27(29)14-4-5-16(37)17(38)6-14/h4-8,20-21,23,25-26,28,30-32,36-40,42-43H,9-10H2,1-3H3/t20?,21-,23-,25?,26?,28-,30?,31-,32+/m0/s1. The van der Waals surface area contributed by atoms with Crippen molar-refractivity contribution in [3.05, 3.63) is 40.6 Å². The molecule has 0 aliphatic carbocycles. The van der Waals surface area contributed by atoms with Gasteiger partial charge >= 0.3 is 17.9 Å². The molecule has 0 bridgehead atoms. The third kappa shape index (κ3) is 7.93. The average Bonchev–Trinajstić information content (AvgIpc) is 3.04. The molecule has 2 aliphatic rings. The Morgan fingerprint density at radius 2 is 1.45 bits per heavy atom. The Labute approximate surface area is 286 Å². The van der Waals surface area contributed by atoms with Crippen LogP contribution in [0, 0.1) is 0 Å². The molecule has 2 aromatic carbocycles. The van der Waals surface area contributed by atoms with Gasteiger partial charge in [0.2, 0.25) is 17.5 Å². The molecule has 7 N–H and O–H groups in total. The van der Waals surface area contributed by atoms with Gasteiger partial charge in [0, 0.05) is 38.5 Å². The van der Waals surface area contributed by atoms with Gasteiger partial charge < -0.3 is 73.3 Å². The number of benzene rings is 2.